The number of carbonyl (C=O) groups is 1. The third kappa shape index (κ3) is 4.58. The van der Waals surface area contributed by atoms with Gasteiger partial charge in [0, 0.05) is 17.5 Å². The molecule has 0 saturated heterocycles. The summed E-state index contributed by atoms with van der Waals surface area (Å²) in [5, 5.41) is 1.10. The molecular weight excluding hydrogens is 422 g/mol. The Labute approximate surface area is 194 Å². The molecule has 1 fully saturated rings. The molecule has 0 aliphatic heterocycles. The predicted octanol–water partition coefficient (Wildman–Crippen LogP) is 5.92. The van der Waals surface area contributed by atoms with Crippen molar-refractivity contribution in [1.82, 2.24) is 14.5 Å². The maximum atomic E-state index is 13.7. The van der Waals surface area contributed by atoms with Gasteiger partial charge in [-0.1, -0.05) is 56.5 Å². The minimum atomic E-state index is -0.281. The molecule has 0 radical (unpaired) electrons. The first-order chi connectivity index (χ1) is 15.5. The second-order valence-corrected chi connectivity index (χ2v) is 8.98. The predicted molar refractivity (Wildman–Crippen MR) is 129 cm³/mol. The summed E-state index contributed by atoms with van der Waals surface area (Å²) < 4.78 is 1.65. The summed E-state index contributed by atoms with van der Waals surface area (Å²) >= 11 is 6.28. The highest BCUT2D eigenvalue weighted by molar-refractivity contribution is 6.30. The van der Waals surface area contributed by atoms with Crippen molar-refractivity contribution in [3.8, 4) is 5.69 Å². The van der Waals surface area contributed by atoms with Crippen LogP contribution in [0.5, 0.6) is 0 Å². The third-order valence-corrected chi connectivity index (χ3v) is 6.38. The fourth-order valence-corrected chi connectivity index (χ4v) is 4.48. The lowest BCUT2D eigenvalue weighted by Gasteiger charge is -2.32. The Kier molecular flexibility index (Phi) is 6.95. The Morgan fingerprint density at radius 1 is 1.16 bits per heavy atom. The van der Waals surface area contributed by atoms with Gasteiger partial charge in [-0.05, 0) is 56.0 Å². The minimum absolute atomic E-state index is 0.109. The summed E-state index contributed by atoms with van der Waals surface area (Å²) in [4.78, 5) is 33.9. The number of amides is 1. The lowest BCUT2D eigenvalue weighted by Crippen LogP contribution is -2.40. The molecular formula is C26H30ClN3O2. The molecule has 1 heterocycles. The molecule has 1 amide bonds. The van der Waals surface area contributed by atoms with Gasteiger partial charge in [-0.2, -0.15) is 0 Å². The molecule has 1 aliphatic rings. The van der Waals surface area contributed by atoms with Gasteiger partial charge in [0.15, 0.2) is 0 Å². The Morgan fingerprint density at radius 2 is 1.94 bits per heavy atom. The molecule has 2 aromatic carbocycles. The van der Waals surface area contributed by atoms with Gasteiger partial charge >= 0.3 is 0 Å². The first-order valence-electron chi connectivity index (χ1n) is 11.6. The molecule has 1 unspecified atom stereocenters. The van der Waals surface area contributed by atoms with Crippen LogP contribution in [0.4, 0.5) is 0 Å². The van der Waals surface area contributed by atoms with Crippen LogP contribution in [0.2, 0.25) is 5.02 Å². The number of hydrogen-bond acceptors (Lipinski definition) is 3. The van der Waals surface area contributed by atoms with Crippen molar-refractivity contribution in [3.63, 3.8) is 0 Å². The Morgan fingerprint density at radius 3 is 2.62 bits per heavy atom. The monoisotopic (exact) mass is 451 g/mol. The number of benzene rings is 2. The summed E-state index contributed by atoms with van der Waals surface area (Å²) in [5.41, 5.74) is 1.18. The van der Waals surface area contributed by atoms with Crippen LogP contribution in [-0.2, 0) is 4.79 Å². The fraction of sp³-hybridized carbons (Fsp3) is 0.423. The highest BCUT2D eigenvalue weighted by Crippen LogP contribution is 2.35. The molecule has 1 atom stereocenters. The van der Waals surface area contributed by atoms with Crippen molar-refractivity contribution in [2.24, 2.45) is 5.92 Å². The topological polar surface area (TPSA) is 55.2 Å². The van der Waals surface area contributed by atoms with E-state index >= 15 is 0 Å². The van der Waals surface area contributed by atoms with E-state index in [2.05, 4.69) is 13.8 Å². The summed E-state index contributed by atoms with van der Waals surface area (Å²) in [5.74, 6) is 0.898. The van der Waals surface area contributed by atoms with Crippen molar-refractivity contribution >= 4 is 28.4 Å². The van der Waals surface area contributed by atoms with Crippen LogP contribution >= 0.6 is 11.6 Å². The van der Waals surface area contributed by atoms with Gasteiger partial charge in [0.05, 0.1) is 22.6 Å². The zero-order chi connectivity index (χ0) is 22.7. The quantitative estimate of drug-likeness (QED) is 0.379. The van der Waals surface area contributed by atoms with Gasteiger partial charge in [-0.3, -0.25) is 14.2 Å². The van der Waals surface area contributed by atoms with E-state index in [1.165, 1.54) is 0 Å². The van der Waals surface area contributed by atoms with Gasteiger partial charge in [-0.25, -0.2) is 4.98 Å². The van der Waals surface area contributed by atoms with E-state index < -0.39 is 0 Å². The van der Waals surface area contributed by atoms with E-state index in [1.54, 1.807) is 22.8 Å². The Bertz CT molecular complexity index is 1170. The number of unbranched alkanes of at least 4 members (excludes halogenated alkanes) is 2. The largest absolute Gasteiger partial charge is 0.332 e. The first kappa shape index (κ1) is 22.5. The maximum Gasteiger partial charge on any atom is 0.266 e. The molecule has 5 nitrogen and oxygen atoms in total. The van der Waals surface area contributed by atoms with Crippen LogP contribution in [0, 0.1) is 5.92 Å². The van der Waals surface area contributed by atoms with E-state index in [1.807, 2.05) is 35.2 Å². The molecule has 168 valence electrons. The highest BCUT2D eigenvalue weighted by atomic mass is 35.5. The summed E-state index contributed by atoms with van der Waals surface area (Å²) in [6.07, 6.45) is 5.68. The lowest BCUT2D eigenvalue weighted by atomic mass is 10.1. The fourth-order valence-electron chi connectivity index (χ4n) is 4.30. The number of fused-ring (bicyclic) bond motifs is 1. The van der Waals surface area contributed by atoms with Crippen LogP contribution in [0.15, 0.2) is 53.3 Å². The molecule has 4 rings (SSSR count). The smallest absolute Gasteiger partial charge is 0.266 e. The summed E-state index contributed by atoms with van der Waals surface area (Å²) in [6.45, 7) is 4.90. The summed E-state index contributed by atoms with van der Waals surface area (Å²) in [6, 6.07) is 14.4. The molecule has 32 heavy (non-hydrogen) atoms. The van der Waals surface area contributed by atoms with Crippen molar-refractivity contribution in [1.29, 1.82) is 0 Å². The Balaban J connectivity index is 1.90. The number of halogens is 1. The average molecular weight is 452 g/mol. The molecule has 1 saturated carbocycles. The Hall–Kier alpha value is -2.66. The zero-order valence-corrected chi connectivity index (χ0v) is 19.5. The van der Waals surface area contributed by atoms with E-state index in [0.29, 0.717) is 40.4 Å². The van der Waals surface area contributed by atoms with Crippen LogP contribution < -0.4 is 5.56 Å². The molecule has 1 aliphatic carbocycles. The molecule has 3 aromatic rings. The number of nitrogens with zero attached hydrogens (tertiary/aromatic N) is 3. The van der Waals surface area contributed by atoms with E-state index in [9.17, 15) is 9.59 Å². The van der Waals surface area contributed by atoms with Gasteiger partial charge in [0.1, 0.15) is 5.82 Å². The van der Waals surface area contributed by atoms with Crippen LogP contribution in [-0.4, -0.2) is 26.9 Å². The highest BCUT2D eigenvalue weighted by Gasteiger charge is 2.37. The molecule has 6 heteroatoms. The van der Waals surface area contributed by atoms with Crippen molar-refractivity contribution in [2.75, 3.05) is 6.54 Å². The van der Waals surface area contributed by atoms with Gasteiger partial charge < -0.3 is 4.90 Å². The lowest BCUT2D eigenvalue weighted by molar-refractivity contribution is -0.135. The first-order valence-corrected chi connectivity index (χ1v) is 12.0. The third-order valence-electron chi connectivity index (χ3n) is 6.14. The van der Waals surface area contributed by atoms with Crippen molar-refractivity contribution in [2.45, 2.75) is 58.4 Å². The van der Waals surface area contributed by atoms with Crippen LogP contribution in [0.3, 0.4) is 0 Å². The standard InChI is InChI=1S/C26H30ClN3O2/c1-3-5-8-16-29(25(31)18-14-15-18)23(4-2)24-28-22-13-7-6-12-21(22)26(32)30(24)20-11-9-10-19(27)17-20/h6-7,9-13,17-18,23H,3-5,8,14-16H2,1-2H3. The normalized spacial score (nSPS) is 14.5. The van der Waals surface area contributed by atoms with Gasteiger partial charge in [0.2, 0.25) is 5.91 Å². The van der Waals surface area contributed by atoms with Crippen LogP contribution in [0.1, 0.15) is 64.2 Å². The van der Waals surface area contributed by atoms with Crippen LogP contribution in [0.25, 0.3) is 16.6 Å². The van der Waals surface area contributed by atoms with Gasteiger partial charge in [0.25, 0.3) is 5.56 Å². The van der Waals surface area contributed by atoms with Crippen molar-refractivity contribution in [3.05, 3.63) is 69.7 Å². The molecule has 0 N–H and O–H groups in total. The number of para-hydroxylation sites is 1. The number of carbonyl (C=O) groups excluding carboxylic acids is 1. The molecule has 1 aromatic heterocycles. The molecule has 0 bridgehead atoms. The molecule has 0 spiro atoms. The van der Waals surface area contributed by atoms with Gasteiger partial charge in [-0.15, -0.1) is 0 Å². The van der Waals surface area contributed by atoms with E-state index in [-0.39, 0.29) is 23.4 Å². The minimum Gasteiger partial charge on any atom is -0.332 e. The number of hydrogen-bond donors (Lipinski definition) is 0. The second kappa shape index (κ2) is 9.86. The average Bonchev–Trinajstić information content (AvgIpc) is 3.64. The van der Waals surface area contributed by atoms with E-state index in [0.717, 1.165) is 32.1 Å². The second-order valence-electron chi connectivity index (χ2n) is 8.54. The SMILES string of the molecule is CCCCCN(C(=O)C1CC1)C(CC)c1nc2ccccc2c(=O)n1-c1cccc(Cl)c1. The number of aromatic nitrogens is 2. The maximum absolute atomic E-state index is 13.7. The number of rotatable bonds is 9. The summed E-state index contributed by atoms with van der Waals surface area (Å²) in [7, 11) is 0. The van der Waals surface area contributed by atoms with E-state index in [4.69, 9.17) is 16.6 Å². The van der Waals surface area contributed by atoms with Crippen molar-refractivity contribution < 1.29 is 4.79 Å². The zero-order valence-electron chi connectivity index (χ0n) is 18.8.